The minimum atomic E-state index is -5.11. The average molecular weight is 239 g/mol. The predicted molar refractivity (Wildman–Crippen MR) is 35.7 cm³/mol. The molecule has 15 heavy (non-hydrogen) atoms. The van der Waals surface area contributed by atoms with E-state index in [1.807, 2.05) is 0 Å². The third kappa shape index (κ3) is 7.00. The first kappa shape index (κ1) is 14.0. The van der Waals surface area contributed by atoms with E-state index in [0.717, 1.165) is 6.92 Å². The van der Waals surface area contributed by atoms with Crippen LogP contribution in [0.2, 0.25) is 0 Å². The summed E-state index contributed by atoms with van der Waals surface area (Å²) >= 11 is 0. The first-order valence-electron chi connectivity index (χ1n) is 3.62. The van der Waals surface area contributed by atoms with Crippen LogP contribution in [0.5, 0.6) is 0 Å². The number of carbonyl (C=O) groups excluding carboxylic acids is 1. The van der Waals surface area contributed by atoms with Crippen LogP contribution in [0.25, 0.3) is 0 Å². The Balaban J connectivity index is 3.92. The number of amides is 1. The molecule has 0 rings (SSSR count). The molecule has 9 heteroatoms. The van der Waals surface area contributed by atoms with Gasteiger partial charge in [0.05, 0.1) is 6.10 Å². The average Bonchev–Trinajstić information content (AvgIpc) is 1.94. The largest absolute Gasteiger partial charge is 0.522 e. The Kier molecular flexibility index (Phi) is 4.38. The van der Waals surface area contributed by atoms with E-state index in [1.165, 1.54) is 5.32 Å². The Hall–Kier alpha value is -0.990. The summed E-state index contributed by atoms with van der Waals surface area (Å²) < 4.78 is 72.5. The fraction of sp³-hybridized carbons (Fsp3) is 0.833. The lowest BCUT2D eigenvalue weighted by Gasteiger charge is -2.16. The third-order valence-corrected chi connectivity index (χ3v) is 1.14. The fourth-order valence-corrected chi connectivity index (χ4v) is 0.606. The number of hydrogen-bond acceptors (Lipinski definition) is 2. The van der Waals surface area contributed by atoms with Crippen molar-refractivity contribution in [1.82, 2.24) is 5.32 Å². The van der Waals surface area contributed by atoms with Crippen LogP contribution in [0.4, 0.5) is 26.3 Å². The summed E-state index contributed by atoms with van der Waals surface area (Å²) in [5, 5.41) is 1.26. The highest BCUT2D eigenvalue weighted by molar-refractivity contribution is 5.81. The monoisotopic (exact) mass is 239 g/mol. The SMILES string of the molecule is C[C@H](CNC(=O)C(F)(F)F)OC(F)(F)F. The molecule has 0 aliphatic heterocycles. The summed E-state index contributed by atoms with van der Waals surface area (Å²) in [5.74, 6) is -2.31. The summed E-state index contributed by atoms with van der Waals surface area (Å²) in [6.45, 7) is 0.00198. The lowest BCUT2D eigenvalue weighted by atomic mass is 10.4. The Morgan fingerprint density at radius 3 is 2.07 bits per heavy atom. The minimum absolute atomic E-state index is 0.877. The van der Waals surface area contributed by atoms with E-state index in [0.29, 0.717) is 0 Å². The van der Waals surface area contributed by atoms with Gasteiger partial charge in [-0.1, -0.05) is 0 Å². The van der Waals surface area contributed by atoms with Crippen molar-refractivity contribution >= 4 is 5.91 Å². The Bertz CT molecular complexity index is 223. The molecule has 0 radical (unpaired) electrons. The first-order chi connectivity index (χ1) is 6.52. The van der Waals surface area contributed by atoms with Crippen molar-refractivity contribution in [3.8, 4) is 0 Å². The molecule has 0 aromatic carbocycles. The number of ether oxygens (including phenoxy) is 1. The van der Waals surface area contributed by atoms with Crippen LogP contribution < -0.4 is 5.32 Å². The molecule has 0 aliphatic carbocycles. The molecule has 1 atom stereocenters. The molecule has 0 aromatic rings. The molecule has 0 spiro atoms. The van der Waals surface area contributed by atoms with E-state index in [2.05, 4.69) is 4.74 Å². The summed E-state index contributed by atoms with van der Waals surface area (Å²) in [7, 11) is 0. The lowest BCUT2D eigenvalue weighted by molar-refractivity contribution is -0.339. The molecule has 0 fully saturated rings. The summed E-state index contributed by atoms with van der Waals surface area (Å²) in [4.78, 5) is 10.2. The maximum atomic E-state index is 11.6. The molecule has 1 N–H and O–H groups in total. The summed E-state index contributed by atoms with van der Waals surface area (Å²) in [6, 6.07) is 0. The third-order valence-electron chi connectivity index (χ3n) is 1.14. The molecule has 0 aliphatic rings. The van der Waals surface area contributed by atoms with Crippen molar-refractivity contribution in [2.45, 2.75) is 25.6 Å². The second kappa shape index (κ2) is 4.69. The summed E-state index contributed by atoms with van der Waals surface area (Å²) in [5.41, 5.74) is 0. The smallest absolute Gasteiger partial charge is 0.346 e. The van der Waals surface area contributed by atoms with Crippen LogP contribution >= 0.6 is 0 Å². The topological polar surface area (TPSA) is 38.3 Å². The van der Waals surface area contributed by atoms with Gasteiger partial charge in [-0.2, -0.15) is 13.2 Å². The number of alkyl halides is 6. The van der Waals surface area contributed by atoms with E-state index in [9.17, 15) is 31.1 Å². The van der Waals surface area contributed by atoms with Crippen molar-refractivity contribution in [1.29, 1.82) is 0 Å². The van der Waals surface area contributed by atoms with Crippen LogP contribution in [0.15, 0.2) is 0 Å². The number of rotatable bonds is 3. The molecular formula is C6H7F6NO2. The highest BCUT2D eigenvalue weighted by atomic mass is 19.4. The quantitative estimate of drug-likeness (QED) is 0.759. The molecule has 0 saturated heterocycles. The van der Waals surface area contributed by atoms with Gasteiger partial charge in [0, 0.05) is 6.54 Å². The van der Waals surface area contributed by atoms with Gasteiger partial charge in [0.2, 0.25) is 0 Å². The molecule has 0 bridgehead atoms. The van der Waals surface area contributed by atoms with E-state index in [4.69, 9.17) is 0 Å². The van der Waals surface area contributed by atoms with Gasteiger partial charge in [0.25, 0.3) is 0 Å². The van der Waals surface area contributed by atoms with Crippen molar-refractivity contribution in [2.24, 2.45) is 0 Å². The molecular weight excluding hydrogens is 232 g/mol. The number of nitrogens with one attached hydrogen (secondary N) is 1. The highest BCUT2D eigenvalue weighted by Crippen LogP contribution is 2.18. The molecule has 0 aromatic heterocycles. The number of hydrogen-bond donors (Lipinski definition) is 1. The van der Waals surface area contributed by atoms with Gasteiger partial charge in [0.15, 0.2) is 0 Å². The van der Waals surface area contributed by atoms with E-state index >= 15 is 0 Å². The molecule has 90 valence electrons. The van der Waals surface area contributed by atoms with Gasteiger partial charge in [-0.25, -0.2) is 0 Å². The predicted octanol–water partition coefficient (Wildman–Crippen LogP) is 1.59. The molecule has 3 nitrogen and oxygen atoms in total. The molecule has 1 amide bonds. The Morgan fingerprint density at radius 1 is 1.27 bits per heavy atom. The van der Waals surface area contributed by atoms with Crippen LogP contribution in [0.3, 0.4) is 0 Å². The summed E-state index contributed by atoms with van der Waals surface area (Å²) in [6.07, 6.45) is -11.6. The number of halogens is 6. The fourth-order valence-electron chi connectivity index (χ4n) is 0.606. The van der Waals surface area contributed by atoms with Crippen molar-refractivity contribution in [3.63, 3.8) is 0 Å². The van der Waals surface area contributed by atoms with Crippen LogP contribution in [0.1, 0.15) is 6.92 Å². The molecule has 0 unspecified atom stereocenters. The number of carbonyl (C=O) groups is 1. The molecule has 0 heterocycles. The second-order valence-electron chi connectivity index (χ2n) is 2.58. The van der Waals surface area contributed by atoms with Gasteiger partial charge in [-0.3, -0.25) is 9.53 Å². The normalized spacial score (nSPS) is 14.9. The van der Waals surface area contributed by atoms with Crippen LogP contribution in [0, 0.1) is 0 Å². The van der Waals surface area contributed by atoms with Gasteiger partial charge in [-0.05, 0) is 6.92 Å². The van der Waals surface area contributed by atoms with Gasteiger partial charge < -0.3 is 5.32 Å². The molecule has 0 saturated carbocycles. The standard InChI is InChI=1S/C6H7F6NO2/c1-3(15-6(10,11)12)2-13-4(14)5(7,8)9/h3H,2H2,1H3,(H,13,14)/t3-/m1/s1. The zero-order valence-corrected chi connectivity index (χ0v) is 7.37. The van der Waals surface area contributed by atoms with Gasteiger partial charge >= 0.3 is 18.4 Å². The maximum Gasteiger partial charge on any atom is 0.522 e. The van der Waals surface area contributed by atoms with Gasteiger partial charge in [0.1, 0.15) is 0 Å². The van der Waals surface area contributed by atoms with Gasteiger partial charge in [-0.15, -0.1) is 13.2 Å². The van der Waals surface area contributed by atoms with Crippen LogP contribution in [-0.4, -0.2) is 31.1 Å². The zero-order valence-electron chi connectivity index (χ0n) is 7.37. The Morgan fingerprint density at radius 2 is 1.73 bits per heavy atom. The van der Waals surface area contributed by atoms with Crippen LogP contribution in [-0.2, 0) is 9.53 Å². The van der Waals surface area contributed by atoms with Crippen molar-refractivity contribution < 1.29 is 35.9 Å². The minimum Gasteiger partial charge on any atom is -0.346 e. The first-order valence-corrected chi connectivity index (χ1v) is 3.62. The zero-order chi connectivity index (χ0) is 12.3. The lowest BCUT2D eigenvalue weighted by Crippen LogP contribution is -2.41. The van der Waals surface area contributed by atoms with Crippen molar-refractivity contribution in [3.05, 3.63) is 0 Å². The maximum absolute atomic E-state index is 11.6. The Labute approximate surface area is 80.4 Å². The van der Waals surface area contributed by atoms with E-state index in [-0.39, 0.29) is 0 Å². The van der Waals surface area contributed by atoms with Crippen molar-refractivity contribution in [2.75, 3.05) is 6.54 Å². The highest BCUT2D eigenvalue weighted by Gasteiger charge is 2.39. The van der Waals surface area contributed by atoms with E-state index in [1.54, 1.807) is 0 Å². The van der Waals surface area contributed by atoms with E-state index < -0.39 is 31.1 Å². The second-order valence-corrected chi connectivity index (χ2v) is 2.58.